The van der Waals surface area contributed by atoms with Crippen LogP contribution >= 0.6 is 0 Å². The predicted molar refractivity (Wildman–Crippen MR) is 158 cm³/mol. The Balaban J connectivity index is 1.21. The number of carbonyl (C=O) groups is 2. The Bertz CT molecular complexity index is 1450. The molecule has 14 heteroatoms. The van der Waals surface area contributed by atoms with Crippen molar-refractivity contribution in [3.63, 3.8) is 0 Å². The highest BCUT2D eigenvalue weighted by molar-refractivity contribution is 5.85. The average Bonchev–Trinajstić information content (AvgIpc) is 3.00. The van der Waals surface area contributed by atoms with Crippen molar-refractivity contribution in [3.05, 3.63) is 95.1 Å². The number of nitrogens with one attached hydrogen (secondary N) is 3. The Morgan fingerprint density at radius 3 is 2.20 bits per heavy atom. The maximum absolute atomic E-state index is 15.1. The fourth-order valence-electron chi connectivity index (χ4n) is 5.66. The zero-order valence-electron chi connectivity index (χ0n) is 24.7. The highest BCUT2D eigenvalue weighted by Crippen LogP contribution is 2.37. The molecule has 1 aliphatic carbocycles. The summed E-state index contributed by atoms with van der Waals surface area (Å²) in [6, 6.07) is 8.88. The number of benzene rings is 2. The van der Waals surface area contributed by atoms with E-state index in [1.165, 1.54) is 54.7 Å². The predicted octanol–water partition coefficient (Wildman–Crippen LogP) is 4.41. The molecule has 1 aliphatic heterocycles. The molecule has 2 aromatic carbocycles. The molecule has 3 atom stereocenters. The molecule has 2 heterocycles. The monoisotopic (exact) mass is 647 g/mol. The second-order valence-corrected chi connectivity index (χ2v) is 11.6. The van der Waals surface area contributed by atoms with E-state index in [1.54, 1.807) is 0 Å². The number of alkyl halides is 2. The molecule has 1 saturated carbocycles. The van der Waals surface area contributed by atoms with E-state index in [9.17, 15) is 27.2 Å². The summed E-state index contributed by atoms with van der Waals surface area (Å²) >= 11 is 0. The summed E-state index contributed by atoms with van der Waals surface area (Å²) in [6.45, 7) is 0.553. The number of nitrogens with zero attached hydrogens (tertiary/aromatic N) is 1. The average molecular weight is 648 g/mol. The number of alkyl carbamates (subject to hydrolysis) is 1. The van der Waals surface area contributed by atoms with Crippen LogP contribution in [0.4, 0.5) is 32.4 Å². The van der Waals surface area contributed by atoms with E-state index >= 15 is 4.39 Å². The van der Waals surface area contributed by atoms with Crippen LogP contribution in [0.5, 0.6) is 0 Å². The third-order valence-corrected chi connectivity index (χ3v) is 8.13. The summed E-state index contributed by atoms with van der Waals surface area (Å²) in [5.74, 6) is -5.88. The minimum absolute atomic E-state index is 0.0213. The van der Waals surface area contributed by atoms with Crippen molar-refractivity contribution in [1.29, 1.82) is 0 Å². The van der Waals surface area contributed by atoms with Gasteiger partial charge in [0.05, 0.1) is 36.8 Å². The van der Waals surface area contributed by atoms with Crippen molar-refractivity contribution in [1.82, 2.24) is 15.6 Å². The highest BCUT2D eigenvalue weighted by Gasteiger charge is 2.46. The molecule has 0 bridgehead atoms. The lowest BCUT2D eigenvalue weighted by molar-refractivity contribution is -0.119. The Hall–Kier alpha value is -4.30. The molecule has 5 rings (SSSR count). The van der Waals surface area contributed by atoms with Crippen LogP contribution in [0.25, 0.3) is 0 Å². The summed E-state index contributed by atoms with van der Waals surface area (Å²) in [4.78, 5) is 28.7. The van der Waals surface area contributed by atoms with Crippen LogP contribution in [0, 0.1) is 17.5 Å². The number of amides is 2. The normalized spacial score (nSPS) is 20.0. The second-order valence-electron chi connectivity index (χ2n) is 11.6. The van der Waals surface area contributed by atoms with E-state index in [-0.39, 0.29) is 43.0 Å². The van der Waals surface area contributed by atoms with Gasteiger partial charge in [0.1, 0.15) is 30.1 Å². The largest absolute Gasteiger partial charge is 0.448 e. The summed E-state index contributed by atoms with van der Waals surface area (Å²) in [6.07, 6.45) is 1.11. The first kappa shape index (κ1) is 33.1. The van der Waals surface area contributed by atoms with Gasteiger partial charge in [0.2, 0.25) is 5.91 Å². The number of hydrogen-bond donors (Lipinski definition) is 4. The van der Waals surface area contributed by atoms with Crippen LogP contribution in [0.1, 0.15) is 41.9 Å². The first-order valence-corrected chi connectivity index (χ1v) is 14.8. The number of pyridine rings is 1. The molecule has 2 aliphatic rings. The second kappa shape index (κ2) is 14.4. The molecular weight excluding hydrogens is 613 g/mol. The third-order valence-electron chi connectivity index (χ3n) is 8.13. The van der Waals surface area contributed by atoms with Crippen molar-refractivity contribution < 1.29 is 41.0 Å². The number of aromatic nitrogens is 1. The molecule has 0 radical (unpaired) electrons. The zero-order chi connectivity index (χ0) is 32.8. The van der Waals surface area contributed by atoms with Crippen LogP contribution in [0.2, 0.25) is 0 Å². The number of anilines is 1. The van der Waals surface area contributed by atoms with Gasteiger partial charge in [-0.3, -0.25) is 9.78 Å². The van der Waals surface area contributed by atoms with E-state index in [0.717, 1.165) is 6.20 Å². The smallest absolute Gasteiger partial charge is 0.407 e. The van der Waals surface area contributed by atoms with Crippen LogP contribution in [-0.2, 0) is 20.7 Å². The van der Waals surface area contributed by atoms with Crippen LogP contribution in [0.15, 0.2) is 60.9 Å². The van der Waals surface area contributed by atoms with Crippen molar-refractivity contribution in [2.75, 3.05) is 25.1 Å². The van der Waals surface area contributed by atoms with E-state index in [2.05, 4.69) is 20.9 Å². The summed E-state index contributed by atoms with van der Waals surface area (Å²) in [5.41, 5.74) is 7.36. The van der Waals surface area contributed by atoms with Crippen LogP contribution in [-0.4, -0.2) is 66.9 Å². The van der Waals surface area contributed by atoms with Crippen molar-refractivity contribution >= 4 is 17.7 Å². The number of carbonyl (C=O) groups excluding carboxylic acids is 2. The van der Waals surface area contributed by atoms with Gasteiger partial charge in [-0.2, -0.15) is 0 Å². The lowest BCUT2D eigenvalue weighted by Gasteiger charge is -2.35. The van der Waals surface area contributed by atoms with Gasteiger partial charge in [0, 0.05) is 36.9 Å². The number of nitrogens with two attached hydrogens (primary N) is 1. The summed E-state index contributed by atoms with van der Waals surface area (Å²) < 4.78 is 79.6. The zero-order valence-corrected chi connectivity index (χ0v) is 24.7. The molecule has 1 saturated heterocycles. The standard InChI is InChI=1S/C32H34F5N5O4/c33-20-5-1-18(2-6-20)28(19-3-7-21(34)8-4-19)29(30(38)43)42-27-15-39-14-26(35)25(27)10-9-24-13-40-23(16-45-24)17-46-31(44)41-22-11-32(36,37)12-22/h1-8,14-15,22-24,28-29,40,42H,9-13,16-17H2,(H2,38,43)(H,41,44)/t23-,24+,29-/m0/s1. The Labute approximate surface area is 262 Å². The fraction of sp³-hybridized carbons (Fsp3) is 0.406. The number of hydrogen-bond acceptors (Lipinski definition) is 7. The van der Waals surface area contributed by atoms with Crippen LogP contribution < -0.4 is 21.7 Å². The molecule has 246 valence electrons. The molecule has 3 aromatic rings. The van der Waals surface area contributed by atoms with Gasteiger partial charge in [0.25, 0.3) is 5.92 Å². The number of rotatable bonds is 12. The number of halogens is 5. The molecule has 2 amide bonds. The van der Waals surface area contributed by atoms with Crippen molar-refractivity contribution in [3.8, 4) is 0 Å². The van der Waals surface area contributed by atoms with Crippen LogP contribution in [0.3, 0.4) is 0 Å². The van der Waals surface area contributed by atoms with Gasteiger partial charge in [-0.05, 0) is 48.2 Å². The number of primary amides is 1. The lowest BCUT2D eigenvalue weighted by atomic mass is 9.84. The Morgan fingerprint density at radius 2 is 1.65 bits per heavy atom. The van der Waals surface area contributed by atoms with Crippen molar-refractivity contribution in [2.45, 2.75) is 61.8 Å². The van der Waals surface area contributed by atoms with E-state index < -0.39 is 66.2 Å². The van der Waals surface area contributed by atoms with Gasteiger partial charge in [-0.15, -0.1) is 0 Å². The minimum Gasteiger partial charge on any atom is -0.448 e. The summed E-state index contributed by atoms with van der Waals surface area (Å²) in [5, 5.41) is 8.65. The van der Waals surface area contributed by atoms with E-state index in [4.69, 9.17) is 15.2 Å². The maximum atomic E-state index is 15.1. The molecule has 2 fully saturated rings. The Morgan fingerprint density at radius 1 is 1.02 bits per heavy atom. The van der Waals surface area contributed by atoms with Gasteiger partial charge in [-0.25, -0.2) is 26.7 Å². The van der Waals surface area contributed by atoms with Crippen molar-refractivity contribution in [2.24, 2.45) is 5.73 Å². The number of ether oxygens (including phenoxy) is 2. The minimum atomic E-state index is -2.75. The Kier molecular flexibility index (Phi) is 10.4. The molecule has 5 N–H and O–H groups in total. The first-order valence-electron chi connectivity index (χ1n) is 14.8. The molecule has 0 unspecified atom stereocenters. The lowest BCUT2D eigenvalue weighted by Crippen LogP contribution is -2.52. The molecule has 46 heavy (non-hydrogen) atoms. The number of morpholine rings is 1. The molecular formula is C32H34F5N5O4. The van der Waals surface area contributed by atoms with Gasteiger partial charge >= 0.3 is 6.09 Å². The SMILES string of the molecule is NC(=O)[C@@H](Nc1cncc(F)c1CC[C@@H]1CN[C@H](COC(=O)NC2CC(F)(F)C2)CO1)C(c1ccc(F)cc1)c1ccc(F)cc1. The van der Waals surface area contributed by atoms with E-state index in [1.807, 2.05) is 0 Å². The fourth-order valence-corrected chi connectivity index (χ4v) is 5.66. The molecule has 1 aromatic heterocycles. The molecule has 9 nitrogen and oxygen atoms in total. The van der Waals surface area contributed by atoms with E-state index in [0.29, 0.717) is 24.1 Å². The van der Waals surface area contributed by atoms with Gasteiger partial charge in [-0.1, -0.05) is 24.3 Å². The maximum Gasteiger partial charge on any atom is 0.407 e. The van der Waals surface area contributed by atoms with Gasteiger partial charge < -0.3 is 31.2 Å². The highest BCUT2D eigenvalue weighted by atomic mass is 19.3. The first-order chi connectivity index (χ1) is 22.0. The topological polar surface area (TPSA) is 128 Å². The quantitative estimate of drug-likeness (QED) is 0.215. The molecule has 0 spiro atoms. The van der Waals surface area contributed by atoms with Gasteiger partial charge in [0.15, 0.2) is 0 Å². The third kappa shape index (κ3) is 8.49. The summed E-state index contributed by atoms with van der Waals surface area (Å²) in [7, 11) is 0.